The van der Waals surface area contributed by atoms with Gasteiger partial charge in [-0.25, -0.2) is 0 Å². The maximum absolute atomic E-state index is 5.70. The van der Waals surface area contributed by atoms with Crippen molar-refractivity contribution in [2.45, 2.75) is 19.8 Å². The van der Waals surface area contributed by atoms with Crippen LogP contribution in [0.3, 0.4) is 0 Å². The topological polar surface area (TPSA) is 61.3 Å². The number of hydrogen-bond acceptors (Lipinski definition) is 3. The maximum atomic E-state index is 5.70. The first-order valence-corrected chi connectivity index (χ1v) is 4.52. The van der Waals surface area contributed by atoms with E-state index in [0.717, 1.165) is 18.6 Å². The average Bonchev–Trinajstić information content (AvgIpc) is 2.09. The molecule has 0 saturated heterocycles. The smallest absolute Gasteiger partial charge is 0.142 e. The molecule has 0 unspecified atom stereocenters. The van der Waals surface area contributed by atoms with Gasteiger partial charge >= 0.3 is 0 Å². The van der Waals surface area contributed by atoms with Gasteiger partial charge < -0.3 is 16.2 Å². The number of nitrogen functional groups attached to an aromatic ring is 2. The number of hydrogen-bond donors (Lipinski definition) is 2. The lowest BCUT2D eigenvalue weighted by Crippen LogP contribution is -2.00. The van der Waals surface area contributed by atoms with Crippen molar-refractivity contribution in [2.24, 2.45) is 0 Å². The molecule has 0 atom stereocenters. The molecule has 0 radical (unpaired) electrons. The highest BCUT2D eigenvalue weighted by atomic mass is 35.5. The highest BCUT2D eigenvalue weighted by molar-refractivity contribution is 5.85. The fourth-order valence-electron chi connectivity index (χ4n) is 1.02. The number of halogens is 1. The van der Waals surface area contributed by atoms with E-state index in [4.69, 9.17) is 16.2 Å². The van der Waals surface area contributed by atoms with Crippen LogP contribution in [0.1, 0.15) is 19.8 Å². The molecule has 1 aromatic carbocycles. The van der Waals surface area contributed by atoms with Crippen molar-refractivity contribution in [2.75, 3.05) is 18.1 Å². The normalized spacial score (nSPS) is 9.21. The number of unbranched alkanes of at least 4 members (excludes halogenated alkanes) is 1. The summed E-state index contributed by atoms with van der Waals surface area (Å²) in [6.45, 7) is 2.83. The first kappa shape index (κ1) is 12.9. The van der Waals surface area contributed by atoms with Crippen molar-refractivity contribution in [3.63, 3.8) is 0 Å². The molecule has 4 heteroatoms. The summed E-state index contributed by atoms with van der Waals surface area (Å²) in [7, 11) is 0. The summed E-state index contributed by atoms with van der Waals surface area (Å²) >= 11 is 0. The van der Waals surface area contributed by atoms with Crippen LogP contribution in [0, 0.1) is 0 Å². The molecular formula is C10H17ClN2O. The van der Waals surface area contributed by atoms with Crippen molar-refractivity contribution in [1.29, 1.82) is 0 Å². The van der Waals surface area contributed by atoms with Gasteiger partial charge in [0.2, 0.25) is 0 Å². The molecule has 1 aromatic rings. The predicted octanol–water partition coefficient (Wildman–Crippen LogP) is 2.45. The van der Waals surface area contributed by atoms with E-state index in [2.05, 4.69) is 6.92 Å². The fourth-order valence-corrected chi connectivity index (χ4v) is 1.02. The summed E-state index contributed by atoms with van der Waals surface area (Å²) in [6.07, 6.45) is 2.17. The summed E-state index contributed by atoms with van der Waals surface area (Å²) in [5.74, 6) is 0.725. The lowest BCUT2D eigenvalue weighted by molar-refractivity contribution is 0.311. The van der Waals surface area contributed by atoms with E-state index < -0.39 is 0 Å². The second kappa shape index (κ2) is 6.38. The molecule has 0 bridgehead atoms. The van der Waals surface area contributed by atoms with Gasteiger partial charge in [0.1, 0.15) is 5.75 Å². The molecule has 0 aromatic heterocycles. The first-order valence-electron chi connectivity index (χ1n) is 4.52. The minimum atomic E-state index is 0. The molecule has 3 nitrogen and oxygen atoms in total. The predicted molar refractivity (Wildman–Crippen MR) is 62.9 cm³/mol. The van der Waals surface area contributed by atoms with Crippen LogP contribution < -0.4 is 16.2 Å². The fraction of sp³-hybridized carbons (Fsp3) is 0.400. The minimum absolute atomic E-state index is 0. The van der Waals surface area contributed by atoms with Gasteiger partial charge in [0.25, 0.3) is 0 Å². The number of ether oxygens (including phenoxy) is 1. The molecule has 0 fully saturated rings. The Hall–Kier alpha value is -1.09. The summed E-state index contributed by atoms with van der Waals surface area (Å²) in [5, 5.41) is 0. The summed E-state index contributed by atoms with van der Waals surface area (Å²) < 4.78 is 5.45. The maximum Gasteiger partial charge on any atom is 0.142 e. The lowest BCUT2D eigenvalue weighted by atomic mass is 10.2. The van der Waals surface area contributed by atoms with Crippen molar-refractivity contribution >= 4 is 23.8 Å². The molecule has 80 valence electrons. The van der Waals surface area contributed by atoms with Crippen LogP contribution in [0.25, 0.3) is 0 Å². The molecule has 0 aliphatic carbocycles. The summed E-state index contributed by atoms with van der Waals surface area (Å²) in [5.41, 5.74) is 12.5. The van der Waals surface area contributed by atoms with E-state index in [9.17, 15) is 0 Å². The molecule has 0 spiro atoms. The zero-order valence-electron chi connectivity index (χ0n) is 8.32. The van der Waals surface area contributed by atoms with Crippen molar-refractivity contribution in [3.05, 3.63) is 18.2 Å². The van der Waals surface area contributed by atoms with E-state index >= 15 is 0 Å². The third-order valence-corrected chi connectivity index (χ3v) is 1.79. The van der Waals surface area contributed by atoms with Gasteiger partial charge in [0.15, 0.2) is 0 Å². The van der Waals surface area contributed by atoms with E-state index in [1.165, 1.54) is 0 Å². The highest BCUT2D eigenvalue weighted by Gasteiger charge is 1.99. The van der Waals surface area contributed by atoms with Crippen molar-refractivity contribution in [3.8, 4) is 5.75 Å². The van der Waals surface area contributed by atoms with Crippen LogP contribution in [-0.2, 0) is 0 Å². The molecule has 0 amide bonds. The first-order chi connectivity index (χ1) is 6.24. The van der Waals surface area contributed by atoms with Crippen LogP contribution in [0.5, 0.6) is 5.75 Å². The standard InChI is InChI=1S/C10H16N2O.ClH/c1-2-3-6-13-10-5-4-8(11)7-9(10)12;/h4-5,7H,2-3,6,11-12H2,1H3;1H. The monoisotopic (exact) mass is 216 g/mol. The Balaban J connectivity index is 0.00000169. The number of anilines is 2. The third kappa shape index (κ3) is 3.75. The lowest BCUT2D eigenvalue weighted by Gasteiger charge is -2.08. The van der Waals surface area contributed by atoms with Crippen molar-refractivity contribution < 1.29 is 4.74 Å². The molecule has 14 heavy (non-hydrogen) atoms. The molecule has 0 saturated carbocycles. The highest BCUT2D eigenvalue weighted by Crippen LogP contribution is 2.23. The van der Waals surface area contributed by atoms with Crippen LogP contribution >= 0.6 is 12.4 Å². The van der Waals surface area contributed by atoms with Crippen LogP contribution in [-0.4, -0.2) is 6.61 Å². The molecular weight excluding hydrogens is 200 g/mol. The number of nitrogens with two attached hydrogens (primary N) is 2. The van der Waals surface area contributed by atoms with Gasteiger partial charge in [-0.2, -0.15) is 0 Å². The Morgan fingerprint density at radius 3 is 2.57 bits per heavy atom. The van der Waals surface area contributed by atoms with E-state index in [0.29, 0.717) is 18.0 Å². The molecule has 1 rings (SSSR count). The van der Waals surface area contributed by atoms with E-state index in [1.807, 2.05) is 0 Å². The molecule has 0 aliphatic heterocycles. The molecule has 4 N–H and O–H groups in total. The average molecular weight is 217 g/mol. The van der Waals surface area contributed by atoms with E-state index in [1.54, 1.807) is 18.2 Å². The Kier molecular flexibility index (Phi) is 5.88. The summed E-state index contributed by atoms with van der Waals surface area (Å²) in [6, 6.07) is 5.30. The largest absolute Gasteiger partial charge is 0.491 e. The van der Waals surface area contributed by atoms with Crippen molar-refractivity contribution in [1.82, 2.24) is 0 Å². The van der Waals surface area contributed by atoms with Gasteiger partial charge in [-0.15, -0.1) is 12.4 Å². The second-order valence-electron chi connectivity index (χ2n) is 3.00. The Morgan fingerprint density at radius 1 is 1.29 bits per heavy atom. The van der Waals surface area contributed by atoms with Crippen LogP contribution in [0.15, 0.2) is 18.2 Å². The van der Waals surface area contributed by atoms with Gasteiger partial charge in [-0.3, -0.25) is 0 Å². The Bertz CT molecular complexity index is 279. The van der Waals surface area contributed by atoms with Gasteiger partial charge in [0, 0.05) is 5.69 Å². The zero-order valence-corrected chi connectivity index (χ0v) is 9.14. The molecule has 0 aliphatic rings. The Labute approximate surface area is 90.8 Å². The SMILES string of the molecule is CCCCOc1ccc(N)cc1N.Cl. The van der Waals surface area contributed by atoms with Crippen LogP contribution in [0.4, 0.5) is 11.4 Å². The third-order valence-electron chi connectivity index (χ3n) is 1.79. The number of benzene rings is 1. The quantitative estimate of drug-likeness (QED) is 0.601. The van der Waals surface area contributed by atoms with Gasteiger partial charge in [0.05, 0.1) is 12.3 Å². The second-order valence-corrected chi connectivity index (χ2v) is 3.00. The van der Waals surface area contributed by atoms with Gasteiger partial charge in [-0.1, -0.05) is 13.3 Å². The minimum Gasteiger partial charge on any atom is -0.491 e. The van der Waals surface area contributed by atoms with E-state index in [-0.39, 0.29) is 12.4 Å². The Morgan fingerprint density at radius 2 is 2.00 bits per heavy atom. The molecule has 0 heterocycles. The number of rotatable bonds is 4. The van der Waals surface area contributed by atoms with Crippen LogP contribution in [0.2, 0.25) is 0 Å². The summed E-state index contributed by atoms with van der Waals surface area (Å²) in [4.78, 5) is 0. The zero-order chi connectivity index (χ0) is 9.68. The van der Waals surface area contributed by atoms with Gasteiger partial charge in [-0.05, 0) is 24.6 Å².